The predicted molar refractivity (Wildman–Crippen MR) is 106 cm³/mol. The molecule has 9 heteroatoms. The number of furan rings is 1. The van der Waals surface area contributed by atoms with Crippen molar-refractivity contribution in [2.24, 2.45) is 0 Å². The molecule has 1 aliphatic heterocycles. The van der Waals surface area contributed by atoms with E-state index in [0.29, 0.717) is 6.54 Å². The van der Waals surface area contributed by atoms with Crippen molar-refractivity contribution < 1.29 is 13.9 Å². The molecule has 0 amide bonds. The minimum atomic E-state index is -0.144. The van der Waals surface area contributed by atoms with Gasteiger partial charge in [0.15, 0.2) is 5.82 Å². The largest absolute Gasteiger partial charge is 0.497 e. The maximum Gasteiger partial charge on any atom is 0.173 e. The van der Waals surface area contributed by atoms with Crippen LogP contribution >= 0.6 is 0 Å². The average molecular weight is 398 g/mol. The Labute approximate surface area is 169 Å². The third kappa shape index (κ3) is 4.10. The monoisotopic (exact) mass is 398 g/mol. The number of likely N-dealkylation sites (N-methyl/N-ethyl adjacent to an activating group) is 1. The van der Waals surface area contributed by atoms with Gasteiger partial charge in [-0.3, -0.25) is 4.90 Å². The van der Waals surface area contributed by atoms with Gasteiger partial charge in [-0.05, 0) is 41.7 Å². The molecule has 0 saturated carbocycles. The van der Waals surface area contributed by atoms with Gasteiger partial charge in [-0.2, -0.15) is 0 Å². The number of hydrogen-bond donors (Lipinski definition) is 0. The average Bonchev–Trinajstić information content (AvgIpc) is 3.43. The Morgan fingerprint density at radius 3 is 2.62 bits per heavy atom. The highest BCUT2D eigenvalue weighted by molar-refractivity contribution is 5.44. The number of benzene rings is 1. The second-order valence-corrected chi connectivity index (χ2v) is 7.12. The lowest BCUT2D eigenvalue weighted by Gasteiger charge is -2.37. The summed E-state index contributed by atoms with van der Waals surface area (Å²) in [6.45, 7) is 4.25. The van der Waals surface area contributed by atoms with Crippen molar-refractivity contribution in [3.8, 4) is 11.5 Å². The van der Waals surface area contributed by atoms with Crippen LogP contribution in [0.2, 0.25) is 0 Å². The van der Waals surface area contributed by atoms with Gasteiger partial charge in [0, 0.05) is 37.8 Å². The van der Waals surface area contributed by atoms with Gasteiger partial charge in [0.25, 0.3) is 0 Å². The van der Waals surface area contributed by atoms with Crippen molar-refractivity contribution >= 4 is 0 Å². The van der Waals surface area contributed by atoms with Gasteiger partial charge in [0.1, 0.15) is 29.8 Å². The summed E-state index contributed by atoms with van der Waals surface area (Å²) in [5.74, 6) is 3.06. The molecule has 0 unspecified atom stereocenters. The van der Waals surface area contributed by atoms with E-state index in [2.05, 4.69) is 32.4 Å². The Morgan fingerprint density at radius 1 is 1.10 bits per heavy atom. The van der Waals surface area contributed by atoms with E-state index in [-0.39, 0.29) is 6.04 Å². The first-order valence-electron chi connectivity index (χ1n) is 9.62. The Kier molecular flexibility index (Phi) is 5.77. The summed E-state index contributed by atoms with van der Waals surface area (Å²) in [7, 11) is 5.46. The lowest BCUT2D eigenvalue weighted by molar-refractivity contribution is 0.120. The molecule has 1 saturated heterocycles. The molecule has 1 aliphatic rings. The van der Waals surface area contributed by atoms with Gasteiger partial charge >= 0.3 is 0 Å². The third-order valence-electron chi connectivity index (χ3n) is 5.33. The summed E-state index contributed by atoms with van der Waals surface area (Å²) in [5.41, 5.74) is 1.01. The summed E-state index contributed by atoms with van der Waals surface area (Å²) >= 11 is 0. The molecular weight excluding hydrogens is 372 g/mol. The fourth-order valence-corrected chi connectivity index (χ4v) is 3.69. The Hall–Kier alpha value is -2.91. The van der Waals surface area contributed by atoms with Gasteiger partial charge in [-0.1, -0.05) is 0 Å². The molecular formula is C20H26N6O3. The smallest absolute Gasteiger partial charge is 0.173 e. The molecule has 0 N–H and O–H groups in total. The van der Waals surface area contributed by atoms with E-state index in [1.165, 1.54) is 0 Å². The number of piperazine rings is 1. The van der Waals surface area contributed by atoms with Crippen molar-refractivity contribution in [3.63, 3.8) is 0 Å². The highest BCUT2D eigenvalue weighted by Crippen LogP contribution is 2.36. The predicted octanol–water partition coefficient (Wildman–Crippen LogP) is 1.67. The van der Waals surface area contributed by atoms with Crippen LogP contribution in [0.1, 0.15) is 23.2 Å². The molecule has 4 rings (SSSR count). The third-order valence-corrected chi connectivity index (χ3v) is 5.33. The van der Waals surface area contributed by atoms with Gasteiger partial charge in [0.2, 0.25) is 0 Å². The van der Waals surface area contributed by atoms with E-state index in [9.17, 15) is 0 Å². The fourth-order valence-electron chi connectivity index (χ4n) is 3.69. The van der Waals surface area contributed by atoms with Crippen LogP contribution in [0, 0.1) is 0 Å². The molecule has 3 aromatic rings. The van der Waals surface area contributed by atoms with Gasteiger partial charge < -0.3 is 18.8 Å². The van der Waals surface area contributed by atoms with E-state index in [1.54, 1.807) is 25.2 Å². The van der Waals surface area contributed by atoms with Crippen LogP contribution in [0.3, 0.4) is 0 Å². The number of aromatic nitrogens is 4. The van der Waals surface area contributed by atoms with Crippen LogP contribution in [0.25, 0.3) is 0 Å². The molecule has 29 heavy (non-hydrogen) atoms. The molecule has 2 aromatic heterocycles. The first-order chi connectivity index (χ1) is 14.2. The lowest BCUT2D eigenvalue weighted by Crippen LogP contribution is -2.46. The zero-order valence-electron chi connectivity index (χ0n) is 17.0. The van der Waals surface area contributed by atoms with Crippen LogP contribution in [-0.2, 0) is 6.54 Å². The van der Waals surface area contributed by atoms with Crippen molar-refractivity contribution in [2.75, 3.05) is 47.4 Å². The number of nitrogens with zero attached hydrogens (tertiary/aromatic N) is 6. The van der Waals surface area contributed by atoms with Crippen molar-refractivity contribution in [3.05, 3.63) is 53.7 Å². The Morgan fingerprint density at radius 2 is 1.93 bits per heavy atom. The topological polar surface area (TPSA) is 81.7 Å². The number of methoxy groups -OCH3 is 2. The zero-order chi connectivity index (χ0) is 20.2. The van der Waals surface area contributed by atoms with Crippen LogP contribution in [-0.4, -0.2) is 77.5 Å². The molecule has 154 valence electrons. The standard InChI is InChI=1S/C20H26N6O3/c1-24-8-10-25(11-9-24)19(17-7-6-15(27-2)13-18(17)28-3)20-21-22-23-26(20)14-16-5-4-12-29-16/h4-7,12-13,19H,8-11,14H2,1-3H3/t19-/m1/s1. The zero-order valence-corrected chi connectivity index (χ0v) is 17.0. The second-order valence-electron chi connectivity index (χ2n) is 7.12. The van der Waals surface area contributed by atoms with Gasteiger partial charge in [-0.25, -0.2) is 4.68 Å². The van der Waals surface area contributed by atoms with Crippen molar-refractivity contribution in [1.82, 2.24) is 30.0 Å². The highest BCUT2D eigenvalue weighted by atomic mass is 16.5. The molecule has 3 heterocycles. The lowest BCUT2D eigenvalue weighted by atomic mass is 10.0. The number of tetrazole rings is 1. The second kappa shape index (κ2) is 8.62. The Bertz CT molecular complexity index is 918. The van der Waals surface area contributed by atoms with E-state index in [0.717, 1.165) is 54.8 Å². The number of ether oxygens (including phenoxy) is 2. The SMILES string of the molecule is COc1ccc([C@H](c2nnnn2Cc2ccco2)N2CCN(C)CC2)c(OC)c1. The highest BCUT2D eigenvalue weighted by Gasteiger charge is 2.32. The molecule has 1 aromatic carbocycles. The van der Waals surface area contributed by atoms with Crippen LogP contribution in [0.15, 0.2) is 41.0 Å². The molecule has 0 radical (unpaired) electrons. The molecule has 1 atom stereocenters. The van der Waals surface area contributed by atoms with E-state index >= 15 is 0 Å². The van der Waals surface area contributed by atoms with Crippen molar-refractivity contribution in [2.45, 2.75) is 12.6 Å². The summed E-state index contributed by atoms with van der Waals surface area (Å²) in [6, 6.07) is 9.52. The maximum atomic E-state index is 5.71. The summed E-state index contributed by atoms with van der Waals surface area (Å²) < 4.78 is 18.4. The Balaban J connectivity index is 1.75. The van der Waals surface area contributed by atoms with Crippen molar-refractivity contribution in [1.29, 1.82) is 0 Å². The summed E-state index contributed by atoms with van der Waals surface area (Å²) in [4.78, 5) is 4.72. The minimum absolute atomic E-state index is 0.144. The minimum Gasteiger partial charge on any atom is -0.497 e. The number of rotatable bonds is 7. The summed E-state index contributed by atoms with van der Waals surface area (Å²) in [5, 5.41) is 12.6. The molecule has 0 spiro atoms. The first-order valence-corrected chi connectivity index (χ1v) is 9.62. The van der Waals surface area contributed by atoms with Gasteiger partial charge in [-0.15, -0.1) is 5.10 Å². The molecule has 9 nitrogen and oxygen atoms in total. The maximum absolute atomic E-state index is 5.71. The van der Waals surface area contributed by atoms with Gasteiger partial charge in [0.05, 0.1) is 20.5 Å². The van der Waals surface area contributed by atoms with E-state index in [4.69, 9.17) is 13.9 Å². The van der Waals surface area contributed by atoms with Crippen LogP contribution in [0.5, 0.6) is 11.5 Å². The fraction of sp³-hybridized carbons (Fsp3) is 0.450. The first kappa shape index (κ1) is 19.4. The summed E-state index contributed by atoms with van der Waals surface area (Å²) in [6.07, 6.45) is 1.66. The number of hydrogen-bond acceptors (Lipinski definition) is 8. The van der Waals surface area contributed by atoms with Crippen LogP contribution < -0.4 is 9.47 Å². The quantitative estimate of drug-likeness (QED) is 0.595. The molecule has 1 fully saturated rings. The van der Waals surface area contributed by atoms with E-state index < -0.39 is 0 Å². The van der Waals surface area contributed by atoms with E-state index in [1.807, 2.05) is 30.3 Å². The molecule has 0 aliphatic carbocycles. The van der Waals surface area contributed by atoms with Crippen LogP contribution in [0.4, 0.5) is 0 Å². The molecule has 0 bridgehead atoms. The normalized spacial score (nSPS) is 16.7.